The SMILES string of the molecule is N#CC1(NC(=O)CN(Cc2ccccc2)C2CC2)CCCC1. The van der Waals surface area contributed by atoms with Crippen LogP contribution in [0.4, 0.5) is 0 Å². The van der Waals surface area contributed by atoms with Crippen LogP contribution in [0.2, 0.25) is 0 Å². The summed E-state index contributed by atoms with van der Waals surface area (Å²) >= 11 is 0. The number of nitriles is 1. The standard InChI is InChI=1S/C18H23N3O/c19-14-18(10-4-5-11-18)20-17(22)13-21(16-8-9-16)12-15-6-2-1-3-7-15/h1-3,6-7,16H,4-5,8-13H2,(H,20,22). The number of nitrogens with one attached hydrogen (secondary N) is 1. The molecule has 116 valence electrons. The third-order valence-electron chi connectivity index (χ3n) is 4.69. The van der Waals surface area contributed by atoms with Gasteiger partial charge in [0.1, 0.15) is 5.54 Å². The van der Waals surface area contributed by atoms with Crippen LogP contribution in [0.25, 0.3) is 0 Å². The van der Waals surface area contributed by atoms with E-state index in [1.807, 2.05) is 18.2 Å². The number of rotatable bonds is 6. The van der Waals surface area contributed by atoms with E-state index in [2.05, 4.69) is 28.4 Å². The molecule has 1 amide bonds. The number of hydrogen-bond acceptors (Lipinski definition) is 3. The molecule has 0 saturated heterocycles. The summed E-state index contributed by atoms with van der Waals surface area (Å²) in [6.07, 6.45) is 5.98. The highest BCUT2D eigenvalue weighted by molar-refractivity contribution is 5.79. The van der Waals surface area contributed by atoms with Gasteiger partial charge in [0.05, 0.1) is 12.6 Å². The second-order valence-electron chi connectivity index (χ2n) is 6.57. The first kappa shape index (κ1) is 15.1. The number of carbonyl (C=O) groups excluding carboxylic acids is 1. The highest BCUT2D eigenvalue weighted by atomic mass is 16.2. The molecule has 22 heavy (non-hydrogen) atoms. The van der Waals surface area contributed by atoms with Crippen LogP contribution in [-0.2, 0) is 11.3 Å². The number of carbonyl (C=O) groups is 1. The van der Waals surface area contributed by atoms with Crippen molar-refractivity contribution < 1.29 is 4.79 Å². The fourth-order valence-corrected chi connectivity index (χ4v) is 3.31. The van der Waals surface area contributed by atoms with Crippen molar-refractivity contribution >= 4 is 5.91 Å². The van der Waals surface area contributed by atoms with Crippen LogP contribution in [0.5, 0.6) is 0 Å². The van der Waals surface area contributed by atoms with Crippen LogP contribution in [0, 0.1) is 11.3 Å². The third-order valence-corrected chi connectivity index (χ3v) is 4.69. The summed E-state index contributed by atoms with van der Waals surface area (Å²) in [6, 6.07) is 13.1. The molecule has 4 heteroatoms. The van der Waals surface area contributed by atoms with Gasteiger partial charge in [-0.1, -0.05) is 30.3 Å². The minimum atomic E-state index is -0.612. The van der Waals surface area contributed by atoms with E-state index in [9.17, 15) is 10.1 Å². The van der Waals surface area contributed by atoms with Crippen molar-refractivity contribution in [3.8, 4) is 6.07 Å². The van der Waals surface area contributed by atoms with E-state index in [0.29, 0.717) is 12.6 Å². The highest BCUT2D eigenvalue weighted by Crippen LogP contribution is 2.30. The first-order valence-corrected chi connectivity index (χ1v) is 8.21. The summed E-state index contributed by atoms with van der Waals surface area (Å²) in [5.74, 6) is -0.00807. The van der Waals surface area contributed by atoms with Crippen molar-refractivity contribution in [2.45, 2.75) is 56.7 Å². The molecule has 0 radical (unpaired) electrons. The predicted octanol–water partition coefficient (Wildman–Crippen LogP) is 2.60. The maximum absolute atomic E-state index is 12.4. The van der Waals surface area contributed by atoms with Crippen LogP contribution in [0.15, 0.2) is 30.3 Å². The van der Waals surface area contributed by atoms with E-state index in [1.54, 1.807) is 0 Å². The summed E-state index contributed by atoms with van der Waals surface area (Å²) in [7, 11) is 0. The van der Waals surface area contributed by atoms with Gasteiger partial charge in [0.25, 0.3) is 0 Å². The van der Waals surface area contributed by atoms with Crippen molar-refractivity contribution in [1.29, 1.82) is 5.26 Å². The molecule has 4 nitrogen and oxygen atoms in total. The lowest BCUT2D eigenvalue weighted by Crippen LogP contribution is -2.49. The Labute approximate surface area is 132 Å². The Bertz CT molecular complexity index is 553. The Morgan fingerprint density at radius 1 is 1.27 bits per heavy atom. The molecule has 0 bridgehead atoms. The number of benzene rings is 1. The second kappa shape index (κ2) is 6.50. The molecule has 1 aromatic carbocycles. The number of nitrogens with zero attached hydrogens (tertiary/aromatic N) is 2. The van der Waals surface area contributed by atoms with Gasteiger partial charge in [-0.15, -0.1) is 0 Å². The maximum Gasteiger partial charge on any atom is 0.235 e. The van der Waals surface area contributed by atoms with Crippen molar-refractivity contribution in [3.63, 3.8) is 0 Å². The van der Waals surface area contributed by atoms with E-state index in [1.165, 1.54) is 18.4 Å². The molecule has 0 aliphatic heterocycles. The van der Waals surface area contributed by atoms with Gasteiger partial charge >= 0.3 is 0 Å². The van der Waals surface area contributed by atoms with Crippen LogP contribution < -0.4 is 5.32 Å². The smallest absolute Gasteiger partial charge is 0.235 e. The van der Waals surface area contributed by atoms with Gasteiger partial charge in [-0.25, -0.2) is 0 Å². The fourth-order valence-electron chi connectivity index (χ4n) is 3.31. The van der Waals surface area contributed by atoms with E-state index < -0.39 is 5.54 Å². The van der Waals surface area contributed by atoms with Crippen LogP contribution >= 0.6 is 0 Å². The summed E-state index contributed by atoms with van der Waals surface area (Å²) in [5, 5.41) is 12.4. The normalized spacial score (nSPS) is 19.8. The maximum atomic E-state index is 12.4. The van der Waals surface area contributed by atoms with Crippen molar-refractivity contribution in [2.24, 2.45) is 0 Å². The third kappa shape index (κ3) is 3.66. The average Bonchev–Trinajstić information content (AvgIpc) is 3.28. The molecule has 2 fully saturated rings. The number of hydrogen-bond donors (Lipinski definition) is 1. The van der Waals surface area contributed by atoms with Crippen molar-refractivity contribution in [1.82, 2.24) is 10.2 Å². The lowest BCUT2D eigenvalue weighted by molar-refractivity contribution is -0.123. The molecule has 2 aliphatic carbocycles. The van der Waals surface area contributed by atoms with Gasteiger partial charge in [0.15, 0.2) is 0 Å². The second-order valence-corrected chi connectivity index (χ2v) is 6.57. The quantitative estimate of drug-likeness (QED) is 0.878. The Morgan fingerprint density at radius 2 is 1.95 bits per heavy atom. The zero-order valence-corrected chi connectivity index (χ0v) is 12.9. The topological polar surface area (TPSA) is 56.1 Å². The molecule has 0 unspecified atom stereocenters. The zero-order chi connectivity index (χ0) is 15.4. The van der Waals surface area contributed by atoms with Gasteiger partial charge in [-0.05, 0) is 44.1 Å². The highest BCUT2D eigenvalue weighted by Gasteiger charge is 2.37. The average molecular weight is 297 g/mol. The predicted molar refractivity (Wildman–Crippen MR) is 84.8 cm³/mol. The molecule has 3 rings (SSSR count). The monoisotopic (exact) mass is 297 g/mol. The first-order chi connectivity index (χ1) is 10.7. The Hall–Kier alpha value is -1.86. The molecule has 1 N–H and O–H groups in total. The van der Waals surface area contributed by atoms with E-state index in [0.717, 1.165) is 32.2 Å². The first-order valence-electron chi connectivity index (χ1n) is 8.21. The van der Waals surface area contributed by atoms with Crippen molar-refractivity contribution in [3.05, 3.63) is 35.9 Å². The molecular formula is C18H23N3O. The van der Waals surface area contributed by atoms with Crippen LogP contribution in [-0.4, -0.2) is 28.9 Å². The summed E-state index contributed by atoms with van der Waals surface area (Å²) in [5.41, 5.74) is 0.622. The molecule has 2 saturated carbocycles. The molecule has 0 spiro atoms. The molecule has 0 atom stereocenters. The van der Waals surface area contributed by atoms with Gasteiger partial charge < -0.3 is 5.32 Å². The molecule has 1 aromatic rings. The molecule has 0 heterocycles. The Balaban J connectivity index is 1.59. The van der Waals surface area contributed by atoms with Gasteiger partial charge in [0.2, 0.25) is 5.91 Å². The largest absolute Gasteiger partial charge is 0.337 e. The van der Waals surface area contributed by atoms with Gasteiger partial charge in [-0.2, -0.15) is 5.26 Å². The van der Waals surface area contributed by atoms with E-state index >= 15 is 0 Å². The van der Waals surface area contributed by atoms with E-state index in [4.69, 9.17) is 0 Å². The minimum Gasteiger partial charge on any atom is -0.337 e. The number of amides is 1. The van der Waals surface area contributed by atoms with Gasteiger partial charge in [0, 0.05) is 12.6 Å². The summed E-state index contributed by atoms with van der Waals surface area (Å²) in [4.78, 5) is 14.6. The molecular weight excluding hydrogens is 274 g/mol. The molecule has 2 aliphatic rings. The van der Waals surface area contributed by atoms with Gasteiger partial charge in [-0.3, -0.25) is 9.69 Å². The van der Waals surface area contributed by atoms with E-state index in [-0.39, 0.29) is 5.91 Å². The van der Waals surface area contributed by atoms with Crippen LogP contribution in [0.3, 0.4) is 0 Å². The Kier molecular flexibility index (Phi) is 4.44. The summed E-state index contributed by atoms with van der Waals surface area (Å²) < 4.78 is 0. The zero-order valence-electron chi connectivity index (χ0n) is 12.9. The fraction of sp³-hybridized carbons (Fsp3) is 0.556. The minimum absolute atomic E-state index is 0.00807. The lowest BCUT2D eigenvalue weighted by Gasteiger charge is -2.26. The Morgan fingerprint density at radius 3 is 2.55 bits per heavy atom. The van der Waals surface area contributed by atoms with Crippen molar-refractivity contribution in [2.75, 3.05) is 6.54 Å². The molecule has 0 aromatic heterocycles. The summed E-state index contributed by atoms with van der Waals surface area (Å²) in [6.45, 7) is 1.20. The lowest BCUT2D eigenvalue weighted by atomic mass is 10.00. The van der Waals surface area contributed by atoms with Crippen LogP contribution in [0.1, 0.15) is 44.1 Å².